The summed E-state index contributed by atoms with van der Waals surface area (Å²) in [6.07, 6.45) is 5.12. The number of pyridine rings is 1. The van der Waals surface area contributed by atoms with Crippen LogP contribution in [0.1, 0.15) is 42.6 Å². The molecule has 0 aliphatic carbocycles. The molecule has 0 spiro atoms. The van der Waals surface area contributed by atoms with Crippen molar-refractivity contribution in [2.75, 3.05) is 23.3 Å². The molecule has 33 heavy (non-hydrogen) atoms. The summed E-state index contributed by atoms with van der Waals surface area (Å²) in [7, 11) is 0. The predicted molar refractivity (Wildman–Crippen MR) is 139 cm³/mol. The number of carbonyl (C=O) groups excluding carboxylic acids is 1. The molecule has 3 aromatic rings. The summed E-state index contributed by atoms with van der Waals surface area (Å²) in [4.78, 5) is 19.8. The Morgan fingerprint density at radius 3 is 2.48 bits per heavy atom. The molecule has 2 N–H and O–H groups in total. The molecular weight excluding hydrogens is 553 g/mol. The molecular formula is C24H27ClIN5O2. The Balaban J connectivity index is 1.44. The van der Waals surface area contributed by atoms with Gasteiger partial charge in [0, 0.05) is 18.1 Å². The molecule has 7 nitrogen and oxygen atoms in total. The van der Waals surface area contributed by atoms with Gasteiger partial charge >= 0.3 is 0 Å². The maximum absolute atomic E-state index is 12.9. The van der Waals surface area contributed by atoms with E-state index in [-0.39, 0.29) is 5.91 Å². The molecule has 1 aromatic carbocycles. The number of aryl methyl sites for hydroxylation is 1. The first-order chi connectivity index (χ1) is 15.6. The minimum Gasteiger partial charge on any atom is -0.390 e. The smallest absolute Gasteiger partial charge is 0.260 e. The largest absolute Gasteiger partial charge is 0.390 e. The monoisotopic (exact) mass is 579 g/mol. The van der Waals surface area contributed by atoms with Crippen molar-refractivity contribution in [3.05, 3.63) is 62.6 Å². The molecule has 2 aromatic heterocycles. The van der Waals surface area contributed by atoms with Crippen LogP contribution >= 0.6 is 34.2 Å². The highest BCUT2D eigenvalue weighted by Crippen LogP contribution is 2.31. The number of piperidine rings is 1. The number of carbonyl (C=O) groups is 1. The Kier molecular flexibility index (Phi) is 6.97. The zero-order valence-corrected chi connectivity index (χ0v) is 21.8. The first kappa shape index (κ1) is 24.0. The fraction of sp³-hybridized carbons (Fsp3) is 0.375. The Morgan fingerprint density at radius 2 is 1.88 bits per heavy atom. The van der Waals surface area contributed by atoms with E-state index in [1.165, 1.54) is 0 Å². The number of halogens is 2. The van der Waals surface area contributed by atoms with Crippen LogP contribution in [0.25, 0.3) is 5.69 Å². The molecule has 1 amide bonds. The highest BCUT2D eigenvalue weighted by molar-refractivity contribution is 14.1. The number of hydrogen-bond acceptors (Lipinski definition) is 5. The van der Waals surface area contributed by atoms with Crippen LogP contribution in [0.15, 0.2) is 42.7 Å². The number of hydrogen-bond donors (Lipinski definition) is 2. The van der Waals surface area contributed by atoms with E-state index < -0.39 is 5.60 Å². The molecule has 9 heteroatoms. The first-order valence-corrected chi connectivity index (χ1v) is 12.3. The number of nitrogens with one attached hydrogen (secondary N) is 1. The third-order valence-electron chi connectivity index (χ3n) is 6.13. The lowest BCUT2D eigenvalue weighted by atomic mass is 9.83. The van der Waals surface area contributed by atoms with Gasteiger partial charge in [-0.15, -0.1) is 0 Å². The van der Waals surface area contributed by atoms with Crippen LogP contribution in [0.3, 0.4) is 0 Å². The van der Waals surface area contributed by atoms with Crippen molar-refractivity contribution >= 4 is 51.6 Å². The molecule has 0 bridgehead atoms. The summed E-state index contributed by atoms with van der Waals surface area (Å²) in [6.45, 7) is 7.48. The SMILES string of the molecule is Cc1cc(NC(=O)c2cnn(-c3ccc(Cl)cc3)c2I)cnc1N1CCC(C(C)(C)O)CC1. The third kappa shape index (κ3) is 5.33. The number of aliphatic hydroxyl groups is 1. The lowest BCUT2D eigenvalue weighted by Crippen LogP contribution is -2.42. The Hall–Kier alpha value is -2.17. The molecule has 0 unspecified atom stereocenters. The molecule has 0 atom stereocenters. The van der Waals surface area contributed by atoms with Gasteiger partial charge in [0.15, 0.2) is 0 Å². The number of anilines is 2. The minimum absolute atomic E-state index is 0.237. The number of amides is 1. The van der Waals surface area contributed by atoms with Gasteiger partial charge in [-0.05, 0) is 98.0 Å². The number of benzene rings is 1. The summed E-state index contributed by atoms with van der Waals surface area (Å²) in [6, 6.07) is 9.24. The quantitative estimate of drug-likeness (QED) is 0.412. The second-order valence-corrected chi connectivity index (χ2v) is 10.4. The van der Waals surface area contributed by atoms with Crippen LogP contribution in [0.2, 0.25) is 5.02 Å². The van der Waals surface area contributed by atoms with Gasteiger partial charge < -0.3 is 15.3 Å². The number of nitrogens with zero attached hydrogens (tertiary/aromatic N) is 4. The van der Waals surface area contributed by atoms with Gasteiger partial charge in [0.25, 0.3) is 5.91 Å². The fourth-order valence-electron chi connectivity index (χ4n) is 4.21. The van der Waals surface area contributed by atoms with E-state index in [0.29, 0.717) is 25.9 Å². The van der Waals surface area contributed by atoms with Gasteiger partial charge in [-0.3, -0.25) is 4.79 Å². The first-order valence-electron chi connectivity index (χ1n) is 10.9. The van der Waals surface area contributed by atoms with Crippen molar-refractivity contribution in [2.24, 2.45) is 5.92 Å². The molecule has 1 aliphatic heterocycles. The van der Waals surface area contributed by atoms with E-state index >= 15 is 0 Å². The van der Waals surface area contributed by atoms with E-state index in [2.05, 4.69) is 42.9 Å². The summed E-state index contributed by atoms with van der Waals surface area (Å²) in [5, 5.41) is 18.2. The van der Waals surface area contributed by atoms with Crippen molar-refractivity contribution in [3.63, 3.8) is 0 Å². The number of aromatic nitrogens is 3. The van der Waals surface area contributed by atoms with Gasteiger partial charge in [0.05, 0.1) is 34.9 Å². The molecule has 1 fully saturated rings. The van der Waals surface area contributed by atoms with Gasteiger partial charge in [-0.2, -0.15) is 5.10 Å². The van der Waals surface area contributed by atoms with Crippen LogP contribution in [-0.2, 0) is 0 Å². The maximum Gasteiger partial charge on any atom is 0.260 e. The lowest BCUT2D eigenvalue weighted by molar-refractivity contribution is 0.00645. The van der Waals surface area contributed by atoms with Gasteiger partial charge in [0.2, 0.25) is 0 Å². The van der Waals surface area contributed by atoms with E-state index in [0.717, 1.165) is 43.0 Å². The molecule has 0 radical (unpaired) electrons. The van der Waals surface area contributed by atoms with Crippen molar-refractivity contribution in [3.8, 4) is 5.69 Å². The maximum atomic E-state index is 12.9. The van der Waals surface area contributed by atoms with E-state index in [4.69, 9.17) is 11.6 Å². The second-order valence-electron chi connectivity index (χ2n) is 8.97. The van der Waals surface area contributed by atoms with Gasteiger partial charge in [0.1, 0.15) is 9.52 Å². The Morgan fingerprint density at radius 1 is 1.21 bits per heavy atom. The topological polar surface area (TPSA) is 83.3 Å². The van der Waals surface area contributed by atoms with E-state index in [1.807, 2.05) is 39.0 Å². The zero-order chi connectivity index (χ0) is 23.8. The van der Waals surface area contributed by atoms with Gasteiger partial charge in [-0.1, -0.05) is 11.6 Å². The second kappa shape index (κ2) is 9.60. The standard InChI is InChI=1S/C24H27ClIN5O2/c1-15-12-18(13-27-22(15)30-10-8-16(9-11-30)24(2,3)33)29-23(32)20-14-28-31(21(20)26)19-6-4-17(25)5-7-19/h4-7,12-14,16,33H,8-11H2,1-3H3,(H,29,32). The lowest BCUT2D eigenvalue weighted by Gasteiger charge is -2.38. The molecule has 174 valence electrons. The van der Waals surface area contributed by atoms with Crippen LogP contribution in [0.4, 0.5) is 11.5 Å². The highest BCUT2D eigenvalue weighted by Gasteiger charge is 2.31. The highest BCUT2D eigenvalue weighted by atomic mass is 127. The van der Waals surface area contributed by atoms with E-state index in [1.54, 1.807) is 29.2 Å². The van der Waals surface area contributed by atoms with Crippen molar-refractivity contribution < 1.29 is 9.90 Å². The number of rotatable bonds is 5. The molecule has 0 saturated carbocycles. The normalized spacial score (nSPS) is 15.0. The van der Waals surface area contributed by atoms with Crippen LogP contribution in [-0.4, -0.2) is 44.5 Å². The molecule has 4 rings (SSSR count). The average Bonchev–Trinajstić information content (AvgIpc) is 3.15. The van der Waals surface area contributed by atoms with Crippen molar-refractivity contribution in [1.29, 1.82) is 0 Å². The van der Waals surface area contributed by atoms with Crippen molar-refractivity contribution in [1.82, 2.24) is 14.8 Å². The molecule has 3 heterocycles. The van der Waals surface area contributed by atoms with Crippen LogP contribution < -0.4 is 10.2 Å². The summed E-state index contributed by atoms with van der Waals surface area (Å²) in [5.74, 6) is 0.982. The zero-order valence-electron chi connectivity index (χ0n) is 18.8. The van der Waals surface area contributed by atoms with Crippen LogP contribution in [0.5, 0.6) is 0 Å². The van der Waals surface area contributed by atoms with Crippen LogP contribution in [0, 0.1) is 16.5 Å². The molecule has 1 saturated heterocycles. The van der Waals surface area contributed by atoms with Crippen molar-refractivity contribution in [2.45, 2.75) is 39.2 Å². The van der Waals surface area contributed by atoms with E-state index in [9.17, 15) is 9.90 Å². The summed E-state index contributed by atoms with van der Waals surface area (Å²) < 4.78 is 2.42. The minimum atomic E-state index is -0.651. The Labute approximate surface area is 212 Å². The Bertz CT molecular complexity index is 1150. The summed E-state index contributed by atoms with van der Waals surface area (Å²) >= 11 is 8.09. The predicted octanol–water partition coefficient (Wildman–Crippen LogP) is 5.07. The molecule has 1 aliphatic rings. The average molecular weight is 580 g/mol. The van der Waals surface area contributed by atoms with Gasteiger partial charge in [-0.25, -0.2) is 9.67 Å². The summed E-state index contributed by atoms with van der Waals surface area (Å²) in [5.41, 5.74) is 2.31. The third-order valence-corrected chi connectivity index (χ3v) is 7.42. The fourth-order valence-corrected chi connectivity index (χ4v) is 5.12.